The van der Waals surface area contributed by atoms with Crippen LogP contribution in [0.5, 0.6) is 0 Å². The minimum Gasteiger partial charge on any atom is -0.461 e. The average Bonchev–Trinajstić information content (AvgIpc) is 3.45. The fraction of sp³-hybridized carbons (Fsp3) is 0.536. The quantitative estimate of drug-likeness (QED) is 0.256. The predicted molar refractivity (Wildman–Crippen MR) is 147 cm³/mol. The molecule has 0 aromatic heterocycles. The number of thioether (sulfide) groups is 1. The van der Waals surface area contributed by atoms with Crippen molar-refractivity contribution < 1.29 is 24.2 Å². The van der Waals surface area contributed by atoms with Crippen molar-refractivity contribution in [3.8, 4) is 0 Å². The number of hydrogen-bond acceptors (Lipinski definition) is 6. The summed E-state index contributed by atoms with van der Waals surface area (Å²) in [4.78, 5) is 45.1. The van der Waals surface area contributed by atoms with E-state index in [1.807, 2.05) is 19.1 Å². The van der Waals surface area contributed by atoms with Crippen molar-refractivity contribution in [3.63, 3.8) is 0 Å². The third-order valence-electron chi connectivity index (χ3n) is 7.94. The van der Waals surface area contributed by atoms with Crippen molar-refractivity contribution >= 4 is 46.8 Å². The van der Waals surface area contributed by atoms with Crippen LogP contribution in [0.4, 0.5) is 5.69 Å². The molecule has 0 saturated carbocycles. The molecular formula is C28H35ClN2O5S. The van der Waals surface area contributed by atoms with E-state index in [1.165, 1.54) is 6.08 Å². The monoisotopic (exact) mass is 546 g/mol. The topological polar surface area (TPSA) is 87.2 Å². The van der Waals surface area contributed by atoms with Crippen LogP contribution in [0.2, 0.25) is 5.02 Å². The number of esters is 1. The Bertz CT molecular complexity index is 1080. The minimum absolute atomic E-state index is 0.000350. The van der Waals surface area contributed by atoms with Crippen LogP contribution in [0, 0.1) is 24.7 Å². The van der Waals surface area contributed by atoms with Gasteiger partial charge in [-0.15, -0.1) is 18.3 Å². The van der Waals surface area contributed by atoms with Gasteiger partial charge in [0.25, 0.3) is 5.91 Å². The molecule has 1 N–H and O–H groups in total. The number of aliphatic hydroxyl groups excluding tert-OH is 1. The molecule has 7 nitrogen and oxygen atoms in total. The van der Waals surface area contributed by atoms with E-state index in [0.717, 1.165) is 12.0 Å². The lowest BCUT2D eigenvalue weighted by molar-refractivity contribution is -0.153. The molecule has 3 saturated heterocycles. The molecule has 37 heavy (non-hydrogen) atoms. The predicted octanol–water partition coefficient (Wildman–Crippen LogP) is 4.01. The van der Waals surface area contributed by atoms with E-state index in [2.05, 4.69) is 20.1 Å². The summed E-state index contributed by atoms with van der Waals surface area (Å²) >= 11 is 8.20. The molecule has 2 amide bonds. The first-order valence-electron chi connectivity index (χ1n) is 12.8. The van der Waals surface area contributed by atoms with Gasteiger partial charge in [-0.05, 0) is 43.7 Å². The van der Waals surface area contributed by atoms with Gasteiger partial charge in [0.05, 0.1) is 27.3 Å². The summed E-state index contributed by atoms with van der Waals surface area (Å²) in [7, 11) is 0. The Balaban J connectivity index is 1.81. The summed E-state index contributed by atoms with van der Waals surface area (Å²) in [5, 5.41) is 9.73. The summed E-state index contributed by atoms with van der Waals surface area (Å²) in [6.45, 7) is 12.1. The van der Waals surface area contributed by atoms with Crippen LogP contribution >= 0.6 is 23.4 Å². The van der Waals surface area contributed by atoms with Crippen LogP contribution in [-0.2, 0) is 19.1 Å². The summed E-state index contributed by atoms with van der Waals surface area (Å²) in [6, 6.07) is 4.70. The van der Waals surface area contributed by atoms with Crippen molar-refractivity contribution in [2.45, 2.75) is 49.1 Å². The number of ether oxygens (including phenoxy) is 1. The Labute approximate surface area is 227 Å². The maximum Gasteiger partial charge on any atom is 0.311 e. The number of halogens is 1. The van der Waals surface area contributed by atoms with Crippen LogP contribution in [0.25, 0.3) is 0 Å². The van der Waals surface area contributed by atoms with Gasteiger partial charge in [-0.1, -0.05) is 49.4 Å². The van der Waals surface area contributed by atoms with E-state index in [9.17, 15) is 19.5 Å². The first-order chi connectivity index (χ1) is 17.7. The lowest BCUT2D eigenvalue weighted by atomic mass is 9.66. The Morgan fingerprint density at radius 3 is 2.73 bits per heavy atom. The SMILES string of the molecule is C=CCOC(=O)[C@@H]1[C@@H]2CC(C)C3(S2)C(C(=O)N(CC=C)c2c(C)cccc2Cl)N(CCCCO)C(=O)[C@H]13. The van der Waals surface area contributed by atoms with E-state index in [0.29, 0.717) is 30.1 Å². The molecular weight excluding hydrogens is 512 g/mol. The summed E-state index contributed by atoms with van der Waals surface area (Å²) in [5.41, 5.74) is 1.44. The van der Waals surface area contributed by atoms with Crippen molar-refractivity contribution in [2.75, 3.05) is 31.2 Å². The van der Waals surface area contributed by atoms with Crippen molar-refractivity contribution in [3.05, 3.63) is 54.1 Å². The second kappa shape index (κ2) is 11.2. The smallest absolute Gasteiger partial charge is 0.311 e. The van der Waals surface area contributed by atoms with E-state index < -0.39 is 28.6 Å². The van der Waals surface area contributed by atoms with Crippen molar-refractivity contribution in [1.82, 2.24) is 4.90 Å². The zero-order chi connectivity index (χ0) is 26.9. The molecule has 3 fully saturated rings. The highest BCUT2D eigenvalue weighted by atomic mass is 35.5. The maximum absolute atomic E-state index is 14.6. The fourth-order valence-corrected chi connectivity index (χ4v) is 9.20. The lowest BCUT2D eigenvalue weighted by Crippen LogP contribution is -2.57. The minimum atomic E-state index is -0.776. The van der Waals surface area contributed by atoms with Crippen LogP contribution in [0.15, 0.2) is 43.5 Å². The first kappa shape index (κ1) is 27.7. The summed E-state index contributed by atoms with van der Waals surface area (Å²) < 4.78 is 4.67. The highest BCUT2D eigenvalue weighted by Crippen LogP contribution is 2.69. The lowest BCUT2D eigenvalue weighted by Gasteiger charge is -2.40. The number of carbonyl (C=O) groups is 3. The Morgan fingerprint density at radius 2 is 2.08 bits per heavy atom. The van der Waals surface area contributed by atoms with Crippen LogP contribution < -0.4 is 4.90 Å². The van der Waals surface area contributed by atoms with Gasteiger partial charge < -0.3 is 19.6 Å². The number of anilines is 1. The molecule has 4 rings (SSSR count). The number of rotatable bonds is 11. The number of unbranched alkanes of at least 4 members (excludes halogenated alkanes) is 1. The number of carbonyl (C=O) groups excluding carboxylic acids is 3. The molecule has 9 heteroatoms. The number of benzene rings is 1. The molecule has 200 valence electrons. The van der Waals surface area contributed by atoms with Crippen LogP contribution in [0.3, 0.4) is 0 Å². The summed E-state index contributed by atoms with van der Waals surface area (Å²) in [6.07, 6.45) is 4.96. The number of fused-ring (bicyclic) bond motifs is 1. The second-order valence-corrected chi connectivity index (χ2v) is 12.0. The van der Waals surface area contributed by atoms with E-state index >= 15 is 0 Å². The molecule has 6 atom stereocenters. The molecule has 3 aliphatic rings. The second-order valence-electron chi connectivity index (χ2n) is 10.1. The van der Waals surface area contributed by atoms with Gasteiger partial charge in [-0.25, -0.2) is 0 Å². The molecule has 1 aromatic rings. The number of aliphatic hydroxyl groups is 1. The largest absolute Gasteiger partial charge is 0.461 e. The van der Waals surface area contributed by atoms with E-state index in [4.69, 9.17) is 16.3 Å². The Hall–Kier alpha value is -2.29. The van der Waals surface area contributed by atoms with Gasteiger partial charge in [0.1, 0.15) is 12.6 Å². The molecule has 1 spiro atoms. The highest BCUT2D eigenvalue weighted by molar-refractivity contribution is 8.02. The van der Waals surface area contributed by atoms with Crippen molar-refractivity contribution in [2.24, 2.45) is 17.8 Å². The number of amides is 2. The van der Waals surface area contributed by atoms with E-state index in [1.54, 1.807) is 33.7 Å². The number of aryl methyl sites for hydroxylation is 1. The number of likely N-dealkylation sites (tertiary alicyclic amines) is 1. The zero-order valence-corrected chi connectivity index (χ0v) is 23.0. The van der Waals surface area contributed by atoms with Gasteiger partial charge in [-0.2, -0.15) is 0 Å². The molecule has 3 unspecified atom stereocenters. The molecule has 3 aliphatic heterocycles. The fourth-order valence-electron chi connectivity index (χ4n) is 6.47. The van der Waals surface area contributed by atoms with Gasteiger partial charge in [0.15, 0.2) is 0 Å². The third kappa shape index (κ3) is 4.51. The molecule has 2 bridgehead atoms. The molecule has 0 radical (unpaired) electrons. The van der Waals surface area contributed by atoms with Crippen molar-refractivity contribution in [1.29, 1.82) is 0 Å². The van der Waals surface area contributed by atoms with Crippen LogP contribution in [-0.4, -0.2) is 70.1 Å². The van der Waals surface area contributed by atoms with Gasteiger partial charge in [0, 0.05) is 24.9 Å². The summed E-state index contributed by atoms with van der Waals surface area (Å²) in [5.74, 6) is -2.04. The standard InChI is InChI=1S/C28H35ClN2O5S/c1-5-12-30(23-17(3)10-9-11-19(23)29)26(34)24-28-18(4)16-20(37-28)21(27(35)36-15-6-2)22(28)25(33)31(24)13-7-8-14-32/h5-6,9-11,18,20-22,24,32H,1-2,7-8,12-16H2,3-4H3/t18?,20-,21+,22-,24?,28?/m0/s1. The third-order valence-corrected chi connectivity index (χ3v) is 10.3. The van der Waals surface area contributed by atoms with Gasteiger partial charge in [0.2, 0.25) is 5.91 Å². The first-order valence-corrected chi connectivity index (χ1v) is 14.0. The average molecular weight is 547 g/mol. The Kier molecular flexibility index (Phi) is 8.41. The molecule has 1 aromatic carbocycles. The number of nitrogens with zero attached hydrogens (tertiary/aromatic N) is 2. The molecule has 0 aliphatic carbocycles. The molecule has 3 heterocycles. The number of hydrogen-bond donors (Lipinski definition) is 1. The Morgan fingerprint density at radius 1 is 1.32 bits per heavy atom. The van der Waals surface area contributed by atoms with Gasteiger partial charge in [-0.3, -0.25) is 14.4 Å². The van der Waals surface area contributed by atoms with Crippen LogP contribution in [0.1, 0.15) is 31.7 Å². The number of para-hydroxylation sites is 1. The highest BCUT2D eigenvalue weighted by Gasteiger charge is 2.76. The van der Waals surface area contributed by atoms with E-state index in [-0.39, 0.29) is 42.7 Å². The van der Waals surface area contributed by atoms with Gasteiger partial charge >= 0.3 is 5.97 Å². The zero-order valence-electron chi connectivity index (χ0n) is 21.4. The maximum atomic E-state index is 14.6. The normalized spacial score (nSPS) is 29.8.